The van der Waals surface area contributed by atoms with Crippen LogP contribution in [0.25, 0.3) is 0 Å². The fourth-order valence-corrected chi connectivity index (χ4v) is 5.83. The molecule has 5 heteroatoms. The number of fused-ring (bicyclic) bond motifs is 1. The van der Waals surface area contributed by atoms with Gasteiger partial charge in [0.05, 0.1) is 6.54 Å². The SMILES string of the molecule is CC(C)(C)C(C(=O)O)(c1ccc(CN2Cc3c(F)cccc3C2=O)cc1)C1CCCC1. The van der Waals surface area contributed by atoms with Gasteiger partial charge < -0.3 is 10.0 Å². The molecule has 0 spiro atoms. The van der Waals surface area contributed by atoms with Crippen LogP contribution in [0.5, 0.6) is 0 Å². The summed E-state index contributed by atoms with van der Waals surface area (Å²) < 4.78 is 14.1. The number of amides is 1. The van der Waals surface area contributed by atoms with E-state index in [9.17, 15) is 19.1 Å². The molecule has 164 valence electrons. The molecular formula is C26H30FNO3. The summed E-state index contributed by atoms with van der Waals surface area (Å²) in [5.74, 6) is -1.18. The number of rotatable bonds is 5. The molecule has 0 bridgehead atoms. The summed E-state index contributed by atoms with van der Waals surface area (Å²) in [6, 6.07) is 12.3. The molecule has 1 aliphatic carbocycles. The van der Waals surface area contributed by atoms with Crippen LogP contribution in [-0.2, 0) is 23.3 Å². The van der Waals surface area contributed by atoms with Crippen molar-refractivity contribution in [3.05, 3.63) is 70.5 Å². The molecule has 2 aromatic carbocycles. The lowest BCUT2D eigenvalue weighted by Crippen LogP contribution is -2.52. The molecule has 1 fully saturated rings. The Morgan fingerprint density at radius 1 is 1.10 bits per heavy atom. The van der Waals surface area contributed by atoms with Crippen molar-refractivity contribution in [2.24, 2.45) is 11.3 Å². The maximum absolute atomic E-state index is 14.1. The van der Waals surface area contributed by atoms with E-state index >= 15 is 0 Å². The Hall–Kier alpha value is -2.69. The molecule has 1 unspecified atom stereocenters. The fraction of sp³-hybridized carbons (Fsp3) is 0.462. The van der Waals surface area contributed by atoms with Crippen molar-refractivity contribution in [1.82, 2.24) is 4.90 Å². The lowest BCUT2D eigenvalue weighted by Gasteiger charge is -2.46. The Bertz CT molecular complexity index is 1000. The van der Waals surface area contributed by atoms with Crippen molar-refractivity contribution in [1.29, 1.82) is 0 Å². The maximum atomic E-state index is 14.1. The zero-order valence-corrected chi connectivity index (χ0v) is 18.5. The van der Waals surface area contributed by atoms with Crippen LogP contribution in [0, 0.1) is 17.2 Å². The van der Waals surface area contributed by atoms with E-state index < -0.39 is 16.8 Å². The van der Waals surface area contributed by atoms with Crippen LogP contribution in [0.15, 0.2) is 42.5 Å². The number of halogens is 1. The van der Waals surface area contributed by atoms with E-state index in [1.807, 2.05) is 45.0 Å². The Morgan fingerprint density at radius 3 is 2.29 bits per heavy atom. The molecule has 1 amide bonds. The average Bonchev–Trinajstić information content (AvgIpc) is 3.33. The minimum absolute atomic E-state index is 0.105. The summed E-state index contributed by atoms with van der Waals surface area (Å²) in [4.78, 5) is 27.0. The summed E-state index contributed by atoms with van der Waals surface area (Å²) >= 11 is 0. The fourth-order valence-electron chi connectivity index (χ4n) is 5.83. The highest BCUT2D eigenvalue weighted by Crippen LogP contribution is 2.52. The van der Waals surface area contributed by atoms with Crippen LogP contribution in [0.2, 0.25) is 0 Å². The Kier molecular flexibility index (Phi) is 5.40. The smallest absolute Gasteiger partial charge is 0.314 e. The number of carboxylic acids is 1. The van der Waals surface area contributed by atoms with E-state index in [4.69, 9.17) is 0 Å². The molecule has 0 saturated heterocycles. The number of carboxylic acid groups (broad SMARTS) is 1. The molecule has 4 nitrogen and oxygen atoms in total. The van der Waals surface area contributed by atoms with Gasteiger partial charge in [-0.15, -0.1) is 0 Å². The molecular weight excluding hydrogens is 393 g/mol. The molecule has 4 rings (SSSR count). The van der Waals surface area contributed by atoms with Crippen molar-refractivity contribution in [2.75, 3.05) is 0 Å². The summed E-state index contributed by atoms with van der Waals surface area (Å²) in [5, 5.41) is 10.4. The predicted octanol–water partition coefficient (Wildman–Crippen LogP) is 5.54. The van der Waals surface area contributed by atoms with Gasteiger partial charge in [0.25, 0.3) is 5.91 Å². The number of aliphatic carboxylic acids is 1. The minimum Gasteiger partial charge on any atom is -0.481 e. The Balaban J connectivity index is 1.62. The van der Waals surface area contributed by atoms with Crippen molar-refractivity contribution < 1.29 is 19.1 Å². The van der Waals surface area contributed by atoms with Gasteiger partial charge in [-0.1, -0.05) is 63.9 Å². The highest BCUT2D eigenvalue weighted by atomic mass is 19.1. The third-order valence-corrected chi connectivity index (χ3v) is 7.26. The van der Waals surface area contributed by atoms with Crippen molar-refractivity contribution >= 4 is 11.9 Å². The van der Waals surface area contributed by atoms with Crippen molar-refractivity contribution in [3.63, 3.8) is 0 Å². The Morgan fingerprint density at radius 2 is 1.74 bits per heavy atom. The minimum atomic E-state index is -0.954. The molecule has 2 aliphatic rings. The summed E-state index contributed by atoms with van der Waals surface area (Å²) in [6.07, 6.45) is 4.00. The van der Waals surface area contributed by atoms with Crippen molar-refractivity contribution in [3.8, 4) is 0 Å². The zero-order chi connectivity index (χ0) is 22.4. The quantitative estimate of drug-likeness (QED) is 0.687. The van der Waals surface area contributed by atoms with Gasteiger partial charge in [0.2, 0.25) is 0 Å². The third-order valence-electron chi connectivity index (χ3n) is 7.26. The van der Waals surface area contributed by atoms with Gasteiger partial charge in [0.15, 0.2) is 0 Å². The normalized spacial score (nSPS) is 18.8. The molecule has 1 heterocycles. The molecule has 1 atom stereocenters. The first-order valence-electron chi connectivity index (χ1n) is 11.1. The second-order valence-electron chi connectivity index (χ2n) is 9.97. The summed E-state index contributed by atoms with van der Waals surface area (Å²) in [7, 11) is 0. The van der Waals surface area contributed by atoms with Gasteiger partial charge in [-0.2, -0.15) is 0 Å². The van der Waals surface area contributed by atoms with Gasteiger partial charge in [0.1, 0.15) is 11.2 Å². The first kappa shape index (κ1) is 21.5. The van der Waals surface area contributed by atoms with Gasteiger partial charge in [-0.25, -0.2) is 4.39 Å². The topological polar surface area (TPSA) is 57.6 Å². The van der Waals surface area contributed by atoms with E-state index in [2.05, 4.69) is 0 Å². The molecule has 1 N–H and O–H groups in total. The first-order chi connectivity index (χ1) is 14.7. The lowest BCUT2D eigenvalue weighted by molar-refractivity contribution is -0.152. The monoisotopic (exact) mass is 423 g/mol. The second-order valence-corrected chi connectivity index (χ2v) is 9.97. The molecule has 31 heavy (non-hydrogen) atoms. The first-order valence-corrected chi connectivity index (χ1v) is 11.1. The molecule has 1 aliphatic heterocycles. The average molecular weight is 424 g/mol. The van der Waals surface area contributed by atoms with Crippen molar-refractivity contribution in [2.45, 2.75) is 65.0 Å². The van der Waals surface area contributed by atoms with E-state index in [1.165, 1.54) is 6.07 Å². The maximum Gasteiger partial charge on any atom is 0.314 e. The standard InChI is InChI=1S/C26H30FNO3/c1-25(2,3)26(24(30)31,18-7-4-5-8-18)19-13-11-17(12-14-19)15-28-16-21-20(23(28)29)9-6-10-22(21)27/h6,9-14,18H,4-5,7-8,15-16H2,1-3H3,(H,30,31). The second kappa shape index (κ2) is 7.77. The van der Waals surface area contributed by atoms with Gasteiger partial charge >= 0.3 is 5.97 Å². The number of nitrogens with zero attached hydrogens (tertiary/aromatic N) is 1. The molecule has 0 radical (unpaired) electrons. The van der Waals surface area contributed by atoms with E-state index in [-0.39, 0.29) is 24.2 Å². The van der Waals surface area contributed by atoms with Gasteiger partial charge in [0, 0.05) is 17.7 Å². The summed E-state index contributed by atoms with van der Waals surface area (Å²) in [6.45, 7) is 6.67. The largest absolute Gasteiger partial charge is 0.481 e. The van der Waals surface area contributed by atoms with Crippen LogP contribution >= 0.6 is 0 Å². The van der Waals surface area contributed by atoms with Crippen LogP contribution in [0.4, 0.5) is 4.39 Å². The molecule has 0 aromatic heterocycles. The summed E-state index contributed by atoms with van der Waals surface area (Å²) in [5.41, 5.74) is 1.21. The predicted molar refractivity (Wildman–Crippen MR) is 117 cm³/mol. The molecule has 2 aromatic rings. The number of hydrogen-bond donors (Lipinski definition) is 1. The lowest BCUT2D eigenvalue weighted by atomic mass is 9.55. The van der Waals surface area contributed by atoms with E-state index in [1.54, 1.807) is 17.0 Å². The number of benzene rings is 2. The number of carbonyl (C=O) groups is 2. The van der Waals surface area contributed by atoms with Crippen LogP contribution in [-0.4, -0.2) is 21.9 Å². The van der Waals surface area contributed by atoms with Crippen LogP contribution in [0.3, 0.4) is 0 Å². The zero-order valence-electron chi connectivity index (χ0n) is 18.5. The Labute approximate surface area is 183 Å². The van der Waals surface area contributed by atoms with E-state index in [0.717, 1.165) is 36.8 Å². The van der Waals surface area contributed by atoms with Gasteiger partial charge in [-0.3, -0.25) is 9.59 Å². The van der Waals surface area contributed by atoms with E-state index in [0.29, 0.717) is 17.7 Å². The third kappa shape index (κ3) is 3.44. The van der Waals surface area contributed by atoms with Gasteiger partial charge in [-0.05, 0) is 47.4 Å². The van der Waals surface area contributed by atoms with Crippen LogP contribution < -0.4 is 0 Å². The number of hydrogen-bond acceptors (Lipinski definition) is 2. The molecule has 1 saturated carbocycles. The highest BCUT2D eigenvalue weighted by molar-refractivity contribution is 5.98. The number of carbonyl (C=O) groups excluding carboxylic acids is 1. The highest BCUT2D eigenvalue weighted by Gasteiger charge is 2.55. The van der Waals surface area contributed by atoms with Crippen LogP contribution in [0.1, 0.15) is 73.5 Å².